The van der Waals surface area contributed by atoms with Crippen molar-refractivity contribution in [2.75, 3.05) is 19.6 Å². The van der Waals surface area contributed by atoms with Crippen LogP contribution in [0, 0.1) is 0 Å². The second-order valence-corrected chi connectivity index (χ2v) is 6.94. The van der Waals surface area contributed by atoms with Crippen LogP contribution in [0.5, 0.6) is 0 Å². The molecule has 0 amide bonds. The van der Waals surface area contributed by atoms with Crippen molar-refractivity contribution in [2.45, 2.75) is 63.5 Å². The number of hydrogen-bond donors (Lipinski definition) is 1. The van der Waals surface area contributed by atoms with E-state index in [0.29, 0.717) is 11.6 Å². The molecule has 1 saturated heterocycles. The summed E-state index contributed by atoms with van der Waals surface area (Å²) in [6.45, 7) is 5.90. The second kappa shape index (κ2) is 6.49. The highest BCUT2D eigenvalue weighted by atomic mass is 15.3. The summed E-state index contributed by atoms with van der Waals surface area (Å²) in [5, 5.41) is 8.13. The number of rotatable bonds is 5. The average Bonchev–Trinajstić information content (AvgIpc) is 3.10. The van der Waals surface area contributed by atoms with Gasteiger partial charge >= 0.3 is 0 Å². The topological polar surface area (TPSA) is 33.1 Å². The van der Waals surface area contributed by atoms with Crippen LogP contribution in [0.2, 0.25) is 0 Å². The Hall–Kier alpha value is -0.870. The SMILES string of the molecule is CCCC1CN(CCc2ccnn2C)C2(CCCC2)CN1. The van der Waals surface area contributed by atoms with Gasteiger partial charge in [0.25, 0.3) is 0 Å². The van der Waals surface area contributed by atoms with E-state index in [1.54, 1.807) is 0 Å². The van der Waals surface area contributed by atoms with Gasteiger partial charge in [-0.1, -0.05) is 26.2 Å². The third-order valence-corrected chi connectivity index (χ3v) is 5.56. The van der Waals surface area contributed by atoms with Crippen LogP contribution >= 0.6 is 0 Å². The Balaban J connectivity index is 1.66. The lowest BCUT2D eigenvalue weighted by Crippen LogP contribution is -2.63. The third-order valence-electron chi connectivity index (χ3n) is 5.56. The average molecular weight is 290 g/mol. The van der Waals surface area contributed by atoms with Crippen LogP contribution < -0.4 is 5.32 Å². The molecule has 1 atom stereocenters. The summed E-state index contributed by atoms with van der Waals surface area (Å²) in [5.74, 6) is 0. The highest BCUT2D eigenvalue weighted by Crippen LogP contribution is 2.37. The van der Waals surface area contributed by atoms with Crippen LogP contribution in [-0.4, -0.2) is 45.9 Å². The summed E-state index contributed by atoms with van der Waals surface area (Å²) in [6.07, 6.45) is 11.2. The Kier molecular flexibility index (Phi) is 4.65. The summed E-state index contributed by atoms with van der Waals surface area (Å²) in [4.78, 5) is 2.81. The van der Waals surface area contributed by atoms with E-state index in [1.807, 2.05) is 10.9 Å². The van der Waals surface area contributed by atoms with Gasteiger partial charge in [0.1, 0.15) is 0 Å². The highest BCUT2D eigenvalue weighted by Gasteiger charge is 2.42. The summed E-state index contributed by atoms with van der Waals surface area (Å²) >= 11 is 0. The maximum atomic E-state index is 4.30. The van der Waals surface area contributed by atoms with Gasteiger partial charge in [-0.2, -0.15) is 5.10 Å². The molecule has 1 N–H and O–H groups in total. The van der Waals surface area contributed by atoms with Crippen molar-refractivity contribution < 1.29 is 0 Å². The molecule has 2 aliphatic rings. The van der Waals surface area contributed by atoms with Crippen molar-refractivity contribution in [3.8, 4) is 0 Å². The normalized spacial score (nSPS) is 25.7. The minimum atomic E-state index is 0.447. The van der Waals surface area contributed by atoms with Crippen LogP contribution in [-0.2, 0) is 13.5 Å². The van der Waals surface area contributed by atoms with Crippen molar-refractivity contribution in [1.82, 2.24) is 20.0 Å². The Bertz CT molecular complexity index is 447. The lowest BCUT2D eigenvalue weighted by molar-refractivity contribution is 0.0417. The van der Waals surface area contributed by atoms with E-state index in [-0.39, 0.29) is 0 Å². The van der Waals surface area contributed by atoms with Gasteiger partial charge in [0.15, 0.2) is 0 Å². The van der Waals surface area contributed by atoms with E-state index in [1.165, 1.54) is 63.9 Å². The third kappa shape index (κ3) is 3.16. The van der Waals surface area contributed by atoms with E-state index in [4.69, 9.17) is 0 Å². The first kappa shape index (κ1) is 15.0. The molecule has 1 spiro atoms. The van der Waals surface area contributed by atoms with Crippen molar-refractivity contribution in [3.63, 3.8) is 0 Å². The molecule has 21 heavy (non-hydrogen) atoms. The largest absolute Gasteiger partial charge is 0.311 e. The van der Waals surface area contributed by atoms with Crippen molar-refractivity contribution in [1.29, 1.82) is 0 Å². The smallest absolute Gasteiger partial charge is 0.0492 e. The summed E-state index contributed by atoms with van der Waals surface area (Å²) in [6, 6.07) is 2.85. The summed E-state index contributed by atoms with van der Waals surface area (Å²) < 4.78 is 2.02. The number of piperazine rings is 1. The number of hydrogen-bond acceptors (Lipinski definition) is 3. The molecule has 2 heterocycles. The molecule has 0 bridgehead atoms. The van der Waals surface area contributed by atoms with Crippen LogP contribution in [0.4, 0.5) is 0 Å². The minimum Gasteiger partial charge on any atom is -0.311 e. The number of aryl methyl sites for hydroxylation is 1. The zero-order chi connectivity index (χ0) is 14.7. The van der Waals surface area contributed by atoms with Crippen LogP contribution in [0.25, 0.3) is 0 Å². The maximum absolute atomic E-state index is 4.30. The van der Waals surface area contributed by atoms with Crippen molar-refractivity contribution in [3.05, 3.63) is 18.0 Å². The molecule has 1 aliphatic heterocycles. The molecule has 4 nitrogen and oxygen atoms in total. The van der Waals surface area contributed by atoms with Crippen LogP contribution in [0.1, 0.15) is 51.1 Å². The molecule has 0 radical (unpaired) electrons. The maximum Gasteiger partial charge on any atom is 0.0492 e. The van der Waals surface area contributed by atoms with Crippen LogP contribution in [0.3, 0.4) is 0 Å². The van der Waals surface area contributed by atoms with Crippen molar-refractivity contribution in [2.24, 2.45) is 7.05 Å². The first-order valence-corrected chi connectivity index (χ1v) is 8.69. The predicted octanol–water partition coefficient (Wildman–Crippen LogP) is 2.35. The highest BCUT2D eigenvalue weighted by molar-refractivity contribution is 5.05. The van der Waals surface area contributed by atoms with Gasteiger partial charge in [0.2, 0.25) is 0 Å². The van der Waals surface area contributed by atoms with Gasteiger partial charge in [-0.05, 0) is 25.3 Å². The molecular formula is C17H30N4. The number of nitrogens with one attached hydrogen (secondary N) is 1. The fourth-order valence-electron chi connectivity index (χ4n) is 4.26. The zero-order valence-electron chi connectivity index (χ0n) is 13.6. The summed E-state index contributed by atoms with van der Waals surface area (Å²) in [7, 11) is 2.05. The lowest BCUT2D eigenvalue weighted by atomic mass is 9.89. The van der Waals surface area contributed by atoms with E-state index < -0.39 is 0 Å². The number of nitrogens with zero attached hydrogens (tertiary/aromatic N) is 3. The molecule has 1 unspecified atom stereocenters. The fourth-order valence-corrected chi connectivity index (χ4v) is 4.26. The Morgan fingerprint density at radius 2 is 2.19 bits per heavy atom. The summed E-state index contributed by atoms with van der Waals surface area (Å²) in [5.41, 5.74) is 1.80. The van der Waals surface area contributed by atoms with E-state index in [2.05, 4.69) is 35.4 Å². The van der Waals surface area contributed by atoms with Crippen molar-refractivity contribution >= 4 is 0 Å². The molecule has 1 aliphatic carbocycles. The molecule has 1 saturated carbocycles. The number of aromatic nitrogens is 2. The molecule has 3 rings (SSSR count). The minimum absolute atomic E-state index is 0.447. The lowest BCUT2D eigenvalue weighted by Gasteiger charge is -2.48. The zero-order valence-corrected chi connectivity index (χ0v) is 13.6. The molecule has 0 aromatic carbocycles. The second-order valence-electron chi connectivity index (χ2n) is 6.94. The molecule has 1 aromatic rings. The standard InChI is InChI=1S/C17H30N4/c1-3-6-15-13-21(12-8-16-7-11-19-20(16)2)17(14-18-15)9-4-5-10-17/h7,11,15,18H,3-6,8-10,12-14H2,1-2H3. The molecule has 118 valence electrons. The Labute approximate surface area is 128 Å². The Morgan fingerprint density at radius 3 is 2.86 bits per heavy atom. The fraction of sp³-hybridized carbons (Fsp3) is 0.824. The van der Waals surface area contributed by atoms with Gasteiger partial charge < -0.3 is 5.32 Å². The molecule has 1 aromatic heterocycles. The van der Waals surface area contributed by atoms with Gasteiger partial charge in [-0.25, -0.2) is 0 Å². The molecular weight excluding hydrogens is 260 g/mol. The van der Waals surface area contributed by atoms with Gasteiger partial charge in [-0.15, -0.1) is 0 Å². The first-order valence-electron chi connectivity index (χ1n) is 8.69. The monoisotopic (exact) mass is 290 g/mol. The molecule has 4 heteroatoms. The predicted molar refractivity (Wildman–Crippen MR) is 86.4 cm³/mol. The van der Waals surface area contributed by atoms with E-state index >= 15 is 0 Å². The first-order chi connectivity index (χ1) is 10.2. The molecule has 2 fully saturated rings. The van der Waals surface area contributed by atoms with Gasteiger partial charge in [0.05, 0.1) is 0 Å². The Morgan fingerprint density at radius 1 is 1.38 bits per heavy atom. The van der Waals surface area contributed by atoms with Crippen LogP contribution in [0.15, 0.2) is 12.3 Å². The quantitative estimate of drug-likeness (QED) is 0.903. The van der Waals surface area contributed by atoms with Gasteiger partial charge in [-0.3, -0.25) is 9.58 Å². The van der Waals surface area contributed by atoms with Gasteiger partial charge in [0, 0.05) is 56.6 Å². The van der Waals surface area contributed by atoms with E-state index in [9.17, 15) is 0 Å². The van der Waals surface area contributed by atoms with E-state index in [0.717, 1.165) is 6.42 Å².